The number of anilines is 1. The van der Waals surface area contributed by atoms with Crippen molar-refractivity contribution >= 4 is 11.9 Å². The molecule has 0 unspecified atom stereocenters. The molecule has 120 valence electrons. The summed E-state index contributed by atoms with van der Waals surface area (Å²) in [5.41, 5.74) is -0.177. The van der Waals surface area contributed by atoms with E-state index in [0.29, 0.717) is 5.95 Å². The van der Waals surface area contributed by atoms with Crippen molar-refractivity contribution < 1.29 is 4.79 Å². The number of β-lactam (4-membered cyclic amide) rings is 1. The standard InChI is InChI=1S/C17H26N4O/c1-3-14(4-2)11-20-10-5-7-17(12-20)13-21(15(17)22)16-18-8-6-9-19-16/h6,8-9,14H,3-5,7,10-13H2,1-2H3/t17-/m1/s1. The first-order valence-electron chi connectivity index (χ1n) is 8.50. The van der Waals surface area contributed by atoms with E-state index < -0.39 is 0 Å². The molecule has 1 atom stereocenters. The van der Waals surface area contributed by atoms with Crippen LogP contribution in [0.3, 0.4) is 0 Å². The topological polar surface area (TPSA) is 49.3 Å². The molecule has 22 heavy (non-hydrogen) atoms. The molecule has 1 spiro atoms. The minimum atomic E-state index is -0.177. The predicted octanol–water partition coefficient (Wildman–Crippen LogP) is 2.34. The Balaban J connectivity index is 1.64. The van der Waals surface area contributed by atoms with Crippen LogP contribution in [-0.4, -0.2) is 47.0 Å². The molecule has 2 saturated heterocycles. The fourth-order valence-electron chi connectivity index (χ4n) is 3.83. The number of piperidine rings is 1. The van der Waals surface area contributed by atoms with Gasteiger partial charge in [0.05, 0.1) is 5.41 Å². The molecule has 2 aliphatic heterocycles. The van der Waals surface area contributed by atoms with E-state index in [1.165, 1.54) is 12.8 Å². The molecule has 0 radical (unpaired) electrons. The van der Waals surface area contributed by atoms with Crippen LogP contribution in [0.1, 0.15) is 39.5 Å². The average molecular weight is 302 g/mol. The summed E-state index contributed by atoms with van der Waals surface area (Å²) >= 11 is 0. The highest BCUT2D eigenvalue weighted by Crippen LogP contribution is 2.41. The van der Waals surface area contributed by atoms with Gasteiger partial charge in [0.25, 0.3) is 0 Å². The number of hydrogen-bond donors (Lipinski definition) is 0. The molecule has 1 aromatic heterocycles. The van der Waals surface area contributed by atoms with E-state index in [-0.39, 0.29) is 11.3 Å². The number of aromatic nitrogens is 2. The molecule has 0 N–H and O–H groups in total. The van der Waals surface area contributed by atoms with E-state index in [0.717, 1.165) is 44.9 Å². The summed E-state index contributed by atoms with van der Waals surface area (Å²) in [6, 6.07) is 1.78. The van der Waals surface area contributed by atoms with Crippen LogP contribution in [0.5, 0.6) is 0 Å². The third kappa shape index (κ3) is 2.74. The van der Waals surface area contributed by atoms with Gasteiger partial charge >= 0.3 is 0 Å². The third-order valence-electron chi connectivity index (χ3n) is 5.28. The Hall–Kier alpha value is -1.49. The molecule has 5 nitrogen and oxygen atoms in total. The molecule has 5 heteroatoms. The number of amides is 1. The van der Waals surface area contributed by atoms with Gasteiger partial charge in [0.2, 0.25) is 11.9 Å². The van der Waals surface area contributed by atoms with Gasteiger partial charge in [0, 0.05) is 32.0 Å². The Kier molecular flexibility index (Phi) is 4.43. The van der Waals surface area contributed by atoms with Crippen LogP contribution in [0.2, 0.25) is 0 Å². The van der Waals surface area contributed by atoms with Crippen molar-refractivity contribution in [1.82, 2.24) is 14.9 Å². The summed E-state index contributed by atoms with van der Waals surface area (Å²) in [7, 11) is 0. The molecule has 2 fully saturated rings. The Morgan fingerprint density at radius 1 is 1.23 bits per heavy atom. The van der Waals surface area contributed by atoms with Gasteiger partial charge in [-0.15, -0.1) is 0 Å². The lowest BCUT2D eigenvalue weighted by atomic mass is 9.72. The molecular formula is C17H26N4O. The lowest BCUT2D eigenvalue weighted by Gasteiger charge is -2.52. The zero-order chi connectivity index (χ0) is 15.6. The van der Waals surface area contributed by atoms with E-state index in [9.17, 15) is 4.79 Å². The second-order valence-electron chi connectivity index (χ2n) is 6.74. The van der Waals surface area contributed by atoms with Gasteiger partial charge in [0.1, 0.15) is 0 Å². The Bertz CT molecular complexity index is 517. The van der Waals surface area contributed by atoms with Crippen molar-refractivity contribution in [1.29, 1.82) is 0 Å². The van der Waals surface area contributed by atoms with Crippen LogP contribution in [0, 0.1) is 11.3 Å². The van der Waals surface area contributed by atoms with Gasteiger partial charge in [-0.05, 0) is 31.4 Å². The zero-order valence-corrected chi connectivity index (χ0v) is 13.7. The molecular weight excluding hydrogens is 276 g/mol. The molecule has 0 saturated carbocycles. The summed E-state index contributed by atoms with van der Waals surface area (Å²) < 4.78 is 0. The third-order valence-corrected chi connectivity index (χ3v) is 5.28. The highest BCUT2D eigenvalue weighted by atomic mass is 16.2. The molecule has 0 aromatic carbocycles. The lowest BCUT2D eigenvalue weighted by Crippen LogP contribution is -2.67. The normalized spacial score (nSPS) is 25.8. The number of hydrogen-bond acceptors (Lipinski definition) is 4. The molecule has 1 amide bonds. The number of carbonyl (C=O) groups excluding carboxylic acids is 1. The maximum atomic E-state index is 12.7. The molecule has 1 aromatic rings. The first kappa shape index (κ1) is 15.4. The summed E-state index contributed by atoms with van der Waals surface area (Å²) in [5.74, 6) is 1.52. The molecule has 2 aliphatic rings. The molecule has 0 aliphatic carbocycles. The fraction of sp³-hybridized carbons (Fsp3) is 0.706. The maximum absolute atomic E-state index is 12.7. The minimum Gasteiger partial charge on any atom is -0.302 e. The summed E-state index contributed by atoms with van der Waals surface area (Å²) in [6.07, 6.45) is 7.96. The van der Waals surface area contributed by atoms with Crippen molar-refractivity contribution in [3.63, 3.8) is 0 Å². The Morgan fingerprint density at radius 2 is 1.95 bits per heavy atom. The van der Waals surface area contributed by atoms with Gasteiger partial charge in [-0.25, -0.2) is 9.97 Å². The van der Waals surface area contributed by atoms with E-state index >= 15 is 0 Å². The molecule has 3 rings (SSSR count). The molecule has 3 heterocycles. The van der Waals surface area contributed by atoms with E-state index in [2.05, 4.69) is 28.7 Å². The quantitative estimate of drug-likeness (QED) is 0.783. The van der Waals surface area contributed by atoms with Crippen LogP contribution in [0.25, 0.3) is 0 Å². The zero-order valence-electron chi connectivity index (χ0n) is 13.7. The fourth-order valence-corrected chi connectivity index (χ4v) is 3.83. The monoisotopic (exact) mass is 302 g/mol. The Morgan fingerprint density at radius 3 is 2.59 bits per heavy atom. The van der Waals surface area contributed by atoms with E-state index in [1.807, 2.05) is 0 Å². The summed E-state index contributed by atoms with van der Waals surface area (Å²) in [4.78, 5) is 25.4. The second kappa shape index (κ2) is 6.32. The van der Waals surface area contributed by atoms with Gasteiger partial charge in [0.15, 0.2) is 0 Å². The summed E-state index contributed by atoms with van der Waals surface area (Å²) in [5, 5.41) is 0. The van der Waals surface area contributed by atoms with Crippen molar-refractivity contribution in [3.8, 4) is 0 Å². The molecule has 0 bridgehead atoms. The highest BCUT2D eigenvalue weighted by molar-refractivity contribution is 6.03. The Labute approximate surface area is 132 Å². The van der Waals surface area contributed by atoms with Crippen LogP contribution < -0.4 is 4.90 Å². The van der Waals surface area contributed by atoms with Gasteiger partial charge in [-0.2, -0.15) is 0 Å². The van der Waals surface area contributed by atoms with Gasteiger partial charge < -0.3 is 4.90 Å². The van der Waals surface area contributed by atoms with Crippen molar-refractivity contribution in [2.24, 2.45) is 11.3 Å². The van der Waals surface area contributed by atoms with Crippen LogP contribution in [-0.2, 0) is 4.79 Å². The van der Waals surface area contributed by atoms with Crippen LogP contribution in [0.15, 0.2) is 18.5 Å². The van der Waals surface area contributed by atoms with Crippen molar-refractivity contribution in [2.45, 2.75) is 39.5 Å². The van der Waals surface area contributed by atoms with E-state index in [1.54, 1.807) is 23.4 Å². The second-order valence-corrected chi connectivity index (χ2v) is 6.74. The van der Waals surface area contributed by atoms with Crippen LogP contribution in [0.4, 0.5) is 5.95 Å². The van der Waals surface area contributed by atoms with Crippen molar-refractivity contribution in [2.75, 3.05) is 31.1 Å². The number of rotatable bonds is 5. The summed E-state index contributed by atoms with van der Waals surface area (Å²) in [6.45, 7) is 8.46. The van der Waals surface area contributed by atoms with E-state index in [4.69, 9.17) is 0 Å². The number of likely N-dealkylation sites (tertiary alicyclic amines) is 1. The predicted molar refractivity (Wildman–Crippen MR) is 86.6 cm³/mol. The van der Waals surface area contributed by atoms with Crippen LogP contribution >= 0.6 is 0 Å². The number of carbonyl (C=O) groups is 1. The van der Waals surface area contributed by atoms with Gasteiger partial charge in [-0.1, -0.05) is 26.7 Å². The largest absolute Gasteiger partial charge is 0.302 e. The van der Waals surface area contributed by atoms with Gasteiger partial charge in [-0.3, -0.25) is 9.69 Å². The lowest BCUT2D eigenvalue weighted by molar-refractivity contribution is -0.139. The first-order valence-corrected chi connectivity index (χ1v) is 8.50. The smallest absolute Gasteiger partial charge is 0.238 e. The SMILES string of the molecule is CCC(CC)CN1CCC[C@@]2(C1)CN(c1ncccn1)C2=O. The number of nitrogens with zero attached hydrogens (tertiary/aromatic N) is 4. The highest BCUT2D eigenvalue weighted by Gasteiger charge is 2.55. The average Bonchev–Trinajstić information content (AvgIpc) is 2.58. The van der Waals surface area contributed by atoms with Crippen molar-refractivity contribution in [3.05, 3.63) is 18.5 Å². The maximum Gasteiger partial charge on any atom is 0.238 e. The first-order chi connectivity index (χ1) is 10.7. The minimum absolute atomic E-state index is 0.177.